The van der Waals surface area contributed by atoms with Crippen molar-refractivity contribution in [2.24, 2.45) is 0 Å². The molecular formula is C20H18F4N4O2. The van der Waals surface area contributed by atoms with Crippen LogP contribution in [0.25, 0.3) is 0 Å². The molecule has 1 fully saturated rings. The Morgan fingerprint density at radius 1 is 1.33 bits per heavy atom. The molecule has 1 aromatic heterocycles. The second-order valence-corrected chi connectivity index (χ2v) is 6.83. The monoisotopic (exact) mass is 422 g/mol. The van der Waals surface area contributed by atoms with Gasteiger partial charge in [-0.2, -0.15) is 18.4 Å². The van der Waals surface area contributed by atoms with Crippen molar-refractivity contribution in [3.05, 3.63) is 53.5 Å². The van der Waals surface area contributed by atoms with Gasteiger partial charge in [-0.05, 0) is 36.2 Å². The molecule has 10 heteroatoms. The Morgan fingerprint density at radius 2 is 2.10 bits per heavy atom. The first-order chi connectivity index (χ1) is 14.2. The van der Waals surface area contributed by atoms with Crippen molar-refractivity contribution < 1.29 is 27.1 Å². The lowest BCUT2D eigenvalue weighted by atomic mass is 9.85. The number of halogens is 4. The molecule has 0 saturated carbocycles. The molecule has 2 atom stereocenters. The van der Waals surface area contributed by atoms with E-state index in [2.05, 4.69) is 4.98 Å². The quantitative estimate of drug-likeness (QED) is 0.766. The number of ether oxygens (including phenoxy) is 1. The van der Waals surface area contributed by atoms with E-state index in [0.717, 1.165) is 0 Å². The van der Waals surface area contributed by atoms with Gasteiger partial charge in [0.15, 0.2) is 11.6 Å². The fraction of sp³-hybridized carbons (Fsp3) is 0.350. The van der Waals surface area contributed by atoms with Crippen molar-refractivity contribution >= 4 is 11.7 Å². The van der Waals surface area contributed by atoms with Crippen molar-refractivity contribution in [3.63, 3.8) is 0 Å². The normalized spacial score (nSPS) is 19.1. The molecule has 6 nitrogen and oxygen atoms in total. The number of amides is 1. The van der Waals surface area contributed by atoms with Crippen LogP contribution >= 0.6 is 0 Å². The Labute approximate surface area is 170 Å². The second-order valence-electron chi connectivity index (χ2n) is 6.83. The minimum Gasteiger partial charge on any atom is -0.494 e. The molecule has 1 aromatic carbocycles. The maximum absolute atomic E-state index is 14.2. The van der Waals surface area contributed by atoms with Gasteiger partial charge in [0.2, 0.25) is 0 Å². The zero-order valence-electron chi connectivity index (χ0n) is 15.9. The summed E-state index contributed by atoms with van der Waals surface area (Å²) in [4.78, 5) is 17.5. The van der Waals surface area contributed by atoms with E-state index >= 15 is 0 Å². The number of carbonyl (C=O) groups excluding carboxylic acids is 1. The van der Waals surface area contributed by atoms with E-state index in [4.69, 9.17) is 10.00 Å². The summed E-state index contributed by atoms with van der Waals surface area (Å²) < 4.78 is 57.6. The molecule has 1 saturated heterocycles. The topological polar surface area (TPSA) is 78.2 Å². The first-order valence-corrected chi connectivity index (χ1v) is 9.05. The molecular weight excluding hydrogens is 404 g/mol. The van der Waals surface area contributed by atoms with Gasteiger partial charge in [-0.3, -0.25) is 4.79 Å². The first-order valence-electron chi connectivity index (χ1n) is 9.05. The maximum Gasteiger partial charge on any atom is 0.471 e. The number of nitriles is 1. The molecule has 1 aliphatic rings. The number of piperidine rings is 1. The van der Waals surface area contributed by atoms with Crippen molar-refractivity contribution in [2.75, 3.05) is 25.1 Å². The van der Waals surface area contributed by atoms with Crippen LogP contribution in [0.3, 0.4) is 0 Å². The number of methoxy groups -OCH3 is 1. The highest BCUT2D eigenvalue weighted by molar-refractivity contribution is 5.82. The van der Waals surface area contributed by atoms with Crippen molar-refractivity contribution in [1.82, 2.24) is 10.3 Å². The third-order valence-corrected chi connectivity index (χ3v) is 4.99. The molecule has 30 heavy (non-hydrogen) atoms. The zero-order chi connectivity index (χ0) is 21.9. The number of rotatable bonds is 4. The number of hydrogen-bond acceptors (Lipinski definition) is 5. The average molecular weight is 422 g/mol. The van der Waals surface area contributed by atoms with Crippen LogP contribution in [0.1, 0.15) is 23.5 Å². The van der Waals surface area contributed by atoms with E-state index < -0.39 is 29.9 Å². The summed E-state index contributed by atoms with van der Waals surface area (Å²) in [5.41, 5.74) is 0.817. The van der Waals surface area contributed by atoms with Crippen molar-refractivity contribution in [1.29, 1.82) is 5.26 Å². The molecule has 2 aromatic rings. The summed E-state index contributed by atoms with van der Waals surface area (Å²) in [5.74, 6) is -2.73. The summed E-state index contributed by atoms with van der Waals surface area (Å²) in [7, 11) is 1.31. The lowest BCUT2D eigenvalue weighted by molar-refractivity contribution is -0.174. The lowest BCUT2D eigenvalue weighted by Crippen LogP contribution is -2.54. The van der Waals surface area contributed by atoms with Gasteiger partial charge in [0.25, 0.3) is 0 Å². The molecule has 158 valence electrons. The van der Waals surface area contributed by atoms with Crippen LogP contribution in [-0.2, 0) is 4.79 Å². The van der Waals surface area contributed by atoms with E-state index in [-0.39, 0.29) is 12.3 Å². The van der Waals surface area contributed by atoms with Gasteiger partial charge in [-0.1, -0.05) is 6.07 Å². The molecule has 2 heterocycles. The molecule has 0 spiro atoms. The lowest BCUT2D eigenvalue weighted by Gasteiger charge is -2.40. The van der Waals surface area contributed by atoms with E-state index in [0.29, 0.717) is 29.9 Å². The summed E-state index contributed by atoms with van der Waals surface area (Å²) in [6.45, 7) is 0.467. The highest BCUT2D eigenvalue weighted by Crippen LogP contribution is 2.33. The molecule has 0 aliphatic carbocycles. The predicted octanol–water partition coefficient (Wildman–Crippen LogP) is 3.14. The van der Waals surface area contributed by atoms with Gasteiger partial charge in [-0.15, -0.1) is 0 Å². The highest BCUT2D eigenvalue weighted by Gasteiger charge is 2.42. The van der Waals surface area contributed by atoms with Crippen LogP contribution < -0.4 is 15.0 Å². The van der Waals surface area contributed by atoms with Crippen molar-refractivity contribution in [2.45, 2.75) is 24.6 Å². The van der Waals surface area contributed by atoms with Crippen LogP contribution in [0.15, 0.2) is 36.5 Å². The van der Waals surface area contributed by atoms with Gasteiger partial charge in [0, 0.05) is 25.2 Å². The largest absolute Gasteiger partial charge is 0.494 e. The fourth-order valence-electron chi connectivity index (χ4n) is 3.51. The number of carbonyl (C=O) groups is 1. The summed E-state index contributed by atoms with van der Waals surface area (Å²) in [6, 6.07) is 8.35. The Kier molecular flexibility index (Phi) is 6.10. The third-order valence-electron chi connectivity index (χ3n) is 4.99. The Morgan fingerprint density at radius 3 is 2.67 bits per heavy atom. The minimum absolute atomic E-state index is 0.0221. The molecule has 1 N–H and O–H groups in total. The molecule has 2 unspecified atom stereocenters. The van der Waals surface area contributed by atoms with E-state index in [1.54, 1.807) is 23.1 Å². The van der Waals surface area contributed by atoms with Crippen LogP contribution in [-0.4, -0.2) is 43.3 Å². The van der Waals surface area contributed by atoms with E-state index in [1.807, 2.05) is 11.4 Å². The first kappa shape index (κ1) is 21.4. The summed E-state index contributed by atoms with van der Waals surface area (Å²) >= 11 is 0. The summed E-state index contributed by atoms with van der Waals surface area (Å²) in [5, 5.41) is 10.9. The Hall–Kier alpha value is -3.35. The van der Waals surface area contributed by atoms with Crippen LogP contribution in [0.2, 0.25) is 0 Å². The molecule has 1 amide bonds. The van der Waals surface area contributed by atoms with Gasteiger partial charge >= 0.3 is 12.1 Å². The second kappa shape index (κ2) is 8.57. The maximum atomic E-state index is 14.2. The van der Waals surface area contributed by atoms with Gasteiger partial charge in [-0.25, -0.2) is 9.37 Å². The molecule has 0 radical (unpaired) electrons. The number of pyridine rings is 1. The smallest absolute Gasteiger partial charge is 0.471 e. The number of alkyl halides is 3. The number of nitrogens with one attached hydrogen (secondary N) is 1. The summed E-state index contributed by atoms with van der Waals surface area (Å²) in [6.07, 6.45) is -3.31. The molecule has 1 aliphatic heterocycles. The average Bonchev–Trinajstić information content (AvgIpc) is 2.73. The van der Waals surface area contributed by atoms with Crippen molar-refractivity contribution in [3.8, 4) is 11.8 Å². The Balaban J connectivity index is 1.87. The van der Waals surface area contributed by atoms with Gasteiger partial charge in [0.1, 0.15) is 11.9 Å². The Bertz CT molecular complexity index is 957. The number of hydrogen-bond donors (Lipinski definition) is 1. The fourth-order valence-corrected chi connectivity index (χ4v) is 3.51. The minimum atomic E-state index is -5.04. The van der Waals surface area contributed by atoms with Crippen LogP contribution in [0.5, 0.6) is 5.75 Å². The number of anilines is 1. The predicted molar refractivity (Wildman–Crippen MR) is 99.5 cm³/mol. The van der Waals surface area contributed by atoms with E-state index in [1.165, 1.54) is 25.4 Å². The standard InChI is InChI=1S/C20H18F4N4O2/c1-30-17-4-3-13(8-15(17)21)14-6-7-28(18-5-2-12(9-25)10-26-18)11-16(14)27-19(29)20(22,23)24/h2-5,8,10,14,16H,6-7,11H2,1H3,(H,27,29). The number of nitrogens with zero attached hydrogens (tertiary/aromatic N) is 3. The molecule has 0 bridgehead atoms. The van der Waals surface area contributed by atoms with Gasteiger partial charge in [0.05, 0.1) is 18.7 Å². The third kappa shape index (κ3) is 4.62. The number of aromatic nitrogens is 1. The van der Waals surface area contributed by atoms with Crippen LogP contribution in [0, 0.1) is 17.1 Å². The highest BCUT2D eigenvalue weighted by atomic mass is 19.4. The zero-order valence-corrected chi connectivity index (χ0v) is 15.9. The SMILES string of the molecule is COc1ccc(C2CCN(c3ccc(C#N)cn3)CC2NC(=O)C(F)(F)F)cc1F. The van der Waals surface area contributed by atoms with Crippen LogP contribution in [0.4, 0.5) is 23.4 Å². The number of benzene rings is 1. The molecule has 3 rings (SSSR count). The van der Waals surface area contributed by atoms with Gasteiger partial charge < -0.3 is 15.0 Å². The van der Waals surface area contributed by atoms with E-state index in [9.17, 15) is 22.4 Å².